The molecule has 2 rings (SSSR count). The lowest BCUT2D eigenvalue weighted by Crippen LogP contribution is -2.46. The number of aliphatic hydroxyl groups is 1. The Morgan fingerprint density at radius 3 is 2.56 bits per heavy atom. The van der Waals surface area contributed by atoms with E-state index >= 15 is 0 Å². The summed E-state index contributed by atoms with van der Waals surface area (Å²) in [6, 6.07) is 9.23. The van der Waals surface area contributed by atoms with Crippen molar-refractivity contribution in [3.8, 4) is 0 Å². The summed E-state index contributed by atoms with van der Waals surface area (Å²) in [5, 5.41) is 14.9. The monoisotopic (exact) mass is 472 g/mol. The molecule has 1 aliphatic heterocycles. The number of cyclic esters (lactones) is 1. The molecule has 34 heavy (non-hydrogen) atoms. The first-order chi connectivity index (χ1) is 16.3. The number of benzene rings is 1. The topological polar surface area (TPSA) is 105 Å². The van der Waals surface area contributed by atoms with Crippen molar-refractivity contribution in [1.29, 1.82) is 0 Å². The van der Waals surface area contributed by atoms with Gasteiger partial charge in [-0.2, -0.15) is 0 Å². The molecular formula is C27H40N2O5. The van der Waals surface area contributed by atoms with E-state index in [1.807, 2.05) is 56.3 Å². The molecule has 0 spiro atoms. The highest BCUT2D eigenvalue weighted by Gasteiger charge is 2.27. The molecule has 7 heteroatoms. The summed E-state index contributed by atoms with van der Waals surface area (Å²) in [6.45, 7) is 5.58. The molecule has 1 aliphatic rings. The molecule has 0 saturated carbocycles. The molecule has 1 aromatic rings. The highest BCUT2D eigenvalue weighted by atomic mass is 16.5. The van der Waals surface area contributed by atoms with Crippen molar-refractivity contribution in [2.24, 2.45) is 17.8 Å². The summed E-state index contributed by atoms with van der Waals surface area (Å²) < 4.78 is 5.70. The molecule has 0 saturated heterocycles. The Bertz CT molecular complexity index is 808. The molecule has 0 unspecified atom stereocenters. The Morgan fingerprint density at radius 1 is 1.15 bits per heavy atom. The fourth-order valence-electron chi connectivity index (χ4n) is 3.94. The average Bonchev–Trinajstić information content (AvgIpc) is 2.81. The molecular weight excluding hydrogens is 432 g/mol. The van der Waals surface area contributed by atoms with Gasteiger partial charge in [-0.25, -0.2) is 0 Å². The number of allylic oxidation sites excluding steroid dienone is 2. The molecule has 1 heterocycles. The number of esters is 1. The van der Waals surface area contributed by atoms with Crippen molar-refractivity contribution in [3.63, 3.8) is 0 Å². The van der Waals surface area contributed by atoms with E-state index in [9.17, 15) is 19.5 Å². The van der Waals surface area contributed by atoms with Gasteiger partial charge >= 0.3 is 5.97 Å². The molecule has 0 bridgehead atoms. The molecule has 188 valence electrons. The Balaban J connectivity index is 2.12. The molecule has 0 aromatic heterocycles. The second-order valence-electron chi connectivity index (χ2n) is 9.57. The number of carbonyl (C=O) groups excluding carboxylic acids is 3. The Kier molecular flexibility index (Phi) is 11.8. The van der Waals surface area contributed by atoms with E-state index in [1.54, 1.807) is 6.92 Å². The maximum atomic E-state index is 13.1. The van der Waals surface area contributed by atoms with E-state index in [0.717, 1.165) is 24.8 Å². The van der Waals surface area contributed by atoms with Crippen LogP contribution in [0.4, 0.5) is 0 Å². The van der Waals surface area contributed by atoms with Gasteiger partial charge in [0, 0.05) is 12.5 Å². The lowest BCUT2D eigenvalue weighted by atomic mass is 9.93. The number of rotatable bonds is 7. The van der Waals surface area contributed by atoms with Crippen LogP contribution in [-0.4, -0.2) is 48.2 Å². The number of hydrogen-bond donors (Lipinski definition) is 3. The second-order valence-corrected chi connectivity index (χ2v) is 9.57. The predicted octanol–water partition coefficient (Wildman–Crippen LogP) is 3.16. The number of ether oxygens (including phenoxy) is 1. The van der Waals surface area contributed by atoms with Crippen LogP contribution in [0.3, 0.4) is 0 Å². The zero-order valence-electron chi connectivity index (χ0n) is 20.7. The van der Waals surface area contributed by atoms with Gasteiger partial charge < -0.3 is 20.5 Å². The van der Waals surface area contributed by atoms with E-state index in [1.165, 1.54) is 0 Å². The summed E-state index contributed by atoms with van der Waals surface area (Å²) in [4.78, 5) is 38.4. The summed E-state index contributed by atoms with van der Waals surface area (Å²) >= 11 is 0. The number of carbonyl (C=O) groups is 3. The fraction of sp³-hybridized carbons (Fsp3) is 0.593. The molecule has 2 amide bonds. The molecule has 7 nitrogen and oxygen atoms in total. The first-order valence-electron chi connectivity index (χ1n) is 12.4. The number of nitrogens with one attached hydrogen (secondary N) is 2. The highest BCUT2D eigenvalue weighted by molar-refractivity contribution is 5.86. The predicted molar refractivity (Wildman–Crippen MR) is 132 cm³/mol. The van der Waals surface area contributed by atoms with Crippen LogP contribution in [0.25, 0.3) is 0 Å². The molecule has 4 atom stereocenters. The van der Waals surface area contributed by atoms with Crippen LogP contribution in [0, 0.1) is 17.8 Å². The fourth-order valence-corrected chi connectivity index (χ4v) is 3.94. The largest absolute Gasteiger partial charge is 0.463 e. The zero-order chi connectivity index (χ0) is 24.9. The maximum Gasteiger partial charge on any atom is 0.309 e. The van der Waals surface area contributed by atoms with Gasteiger partial charge in [0.2, 0.25) is 11.8 Å². The van der Waals surface area contributed by atoms with Gasteiger partial charge in [0.1, 0.15) is 6.61 Å². The van der Waals surface area contributed by atoms with Crippen molar-refractivity contribution in [3.05, 3.63) is 48.0 Å². The molecule has 0 aliphatic carbocycles. The van der Waals surface area contributed by atoms with Crippen LogP contribution in [0.2, 0.25) is 0 Å². The van der Waals surface area contributed by atoms with Crippen LogP contribution < -0.4 is 10.6 Å². The Hall–Kier alpha value is -2.67. The van der Waals surface area contributed by atoms with Crippen molar-refractivity contribution in [2.45, 2.75) is 71.4 Å². The minimum absolute atomic E-state index is 0.0320. The van der Waals surface area contributed by atoms with Gasteiger partial charge in [-0.05, 0) is 50.5 Å². The summed E-state index contributed by atoms with van der Waals surface area (Å²) in [5.74, 6) is -1.45. The summed E-state index contributed by atoms with van der Waals surface area (Å²) in [6.07, 6.45) is 7.43. The minimum Gasteiger partial charge on any atom is -0.463 e. The third-order valence-corrected chi connectivity index (χ3v) is 6.19. The van der Waals surface area contributed by atoms with Gasteiger partial charge in [-0.15, -0.1) is 0 Å². The van der Waals surface area contributed by atoms with E-state index < -0.39 is 5.92 Å². The van der Waals surface area contributed by atoms with Gasteiger partial charge in [0.15, 0.2) is 0 Å². The standard InChI is InChI=1S/C27H40N2O5/c1-19(2)24-18-34-27(33)23(15-21-11-7-6-8-12-21)14-10-5-4-9-13-22(26(32)29-24)16-25(31)28-20(3)17-30/h4,6-9,11-12,19-20,22-24,30H,5,10,13-18H2,1-3H3,(H,28,31)(H,29,32)/t20-,22+,23+,24+/m0/s1. The summed E-state index contributed by atoms with van der Waals surface area (Å²) in [5.41, 5.74) is 1.10. The average molecular weight is 473 g/mol. The first-order valence-corrected chi connectivity index (χ1v) is 12.4. The van der Waals surface area contributed by atoms with E-state index in [0.29, 0.717) is 12.8 Å². The lowest BCUT2D eigenvalue weighted by Gasteiger charge is -2.26. The van der Waals surface area contributed by atoms with Crippen molar-refractivity contribution in [1.82, 2.24) is 10.6 Å². The van der Waals surface area contributed by atoms with E-state index in [4.69, 9.17) is 4.74 Å². The van der Waals surface area contributed by atoms with Crippen LogP contribution in [0.1, 0.15) is 58.4 Å². The third-order valence-electron chi connectivity index (χ3n) is 6.19. The molecule has 1 aromatic carbocycles. The lowest BCUT2D eigenvalue weighted by molar-refractivity contribution is -0.150. The van der Waals surface area contributed by atoms with Crippen molar-refractivity contribution < 1.29 is 24.2 Å². The quantitative estimate of drug-likeness (QED) is 0.418. The number of aliphatic hydroxyl groups excluding tert-OH is 1. The first kappa shape index (κ1) is 27.6. The maximum absolute atomic E-state index is 13.1. The smallest absolute Gasteiger partial charge is 0.309 e. The van der Waals surface area contributed by atoms with Crippen LogP contribution in [-0.2, 0) is 25.5 Å². The Morgan fingerprint density at radius 2 is 1.88 bits per heavy atom. The minimum atomic E-state index is -0.534. The van der Waals surface area contributed by atoms with Crippen LogP contribution >= 0.6 is 0 Å². The molecule has 0 radical (unpaired) electrons. The van der Waals surface area contributed by atoms with Crippen molar-refractivity contribution >= 4 is 17.8 Å². The van der Waals surface area contributed by atoms with Crippen LogP contribution in [0.5, 0.6) is 0 Å². The van der Waals surface area contributed by atoms with Gasteiger partial charge in [-0.1, -0.05) is 56.3 Å². The normalized spacial score (nSPS) is 23.5. The van der Waals surface area contributed by atoms with Crippen molar-refractivity contribution in [2.75, 3.05) is 13.2 Å². The van der Waals surface area contributed by atoms with Crippen LogP contribution in [0.15, 0.2) is 42.5 Å². The highest BCUT2D eigenvalue weighted by Crippen LogP contribution is 2.20. The van der Waals surface area contributed by atoms with E-state index in [-0.39, 0.29) is 61.3 Å². The Labute approximate surface area is 203 Å². The summed E-state index contributed by atoms with van der Waals surface area (Å²) in [7, 11) is 0. The SMILES string of the molecule is CC(C)[C@H]1COC(=O)[C@@H](Cc2ccccc2)CCCC=CC[C@H](CC(=O)N[C@@H](C)CO)C(=O)N1. The third kappa shape index (κ3) is 9.67. The van der Waals surface area contributed by atoms with Gasteiger partial charge in [0.05, 0.1) is 24.5 Å². The van der Waals surface area contributed by atoms with E-state index in [2.05, 4.69) is 10.6 Å². The van der Waals surface area contributed by atoms with Gasteiger partial charge in [-0.3, -0.25) is 14.4 Å². The number of hydrogen-bond acceptors (Lipinski definition) is 5. The second kappa shape index (κ2) is 14.6. The van der Waals surface area contributed by atoms with Gasteiger partial charge in [0.25, 0.3) is 0 Å². The zero-order valence-corrected chi connectivity index (χ0v) is 20.7. The molecule has 3 N–H and O–H groups in total. The molecule has 0 fully saturated rings. The number of amides is 2.